The lowest BCUT2D eigenvalue weighted by Gasteiger charge is -1.98. The SMILES string of the molecule is NC(=O)CCO/N=C/c1ccc(Cl)cc1Cl. The number of rotatable bonds is 5. The summed E-state index contributed by atoms with van der Waals surface area (Å²) in [6.45, 7) is 0.150. The molecule has 4 nitrogen and oxygen atoms in total. The second-order valence-corrected chi connectivity index (χ2v) is 3.79. The molecule has 2 N–H and O–H groups in total. The minimum absolute atomic E-state index is 0.131. The van der Waals surface area contributed by atoms with Crippen molar-refractivity contribution < 1.29 is 9.63 Å². The van der Waals surface area contributed by atoms with Crippen molar-refractivity contribution in [1.82, 2.24) is 0 Å². The molecule has 0 saturated heterocycles. The van der Waals surface area contributed by atoms with E-state index in [1.165, 1.54) is 6.21 Å². The van der Waals surface area contributed by atoms with E-state index in [9.17, 15) is 4.79 Å². The molecular weight excluding hydrogens is 251 g/mol. The number of hydrogen-bond donors (Lipinski definition) is 1. The van der Waals surface area contributed by atoms with Gasteiger partial charge in [0.1, 0.15) is 6.61 Å². The maximum atomic E-state index is 10.4. The van der Waals surface area contributed by atoms with Crippen molar-refractivity contribution in [2.75, 3.05) is 6.61 Å². The fourth-order valence-electron chi connectivity index (χ4n) is 0.899. The van der Waals surface area contributed by atoms with Crippen molar-refractivity contribution in [3.05, 3.63) is 33.8 Å². The highest BCUT2D eigenvalue weighted by atomic mass is 35.5. The Morgan fingerprint density at radius 3 is 2.88 bits per heavy atom. The predicted molar refractivity (Wildman–Crippen MR) is 63.8 cm³/mol. The van der Waals surface area contributed by atoms with E-state index in [-0.39, 0.29) is 13.0 Å². The Kier molecular flexibility index (Phi) is 5.08. The molecule has 0 aromatic heterocycles. The molecule has 0 aliphatic rings. The van der Waals surface area contributed by atoms with Crippen LogP contribution in [0.25, 0.3) is 0 Å². The molecule has 6 heteroatoms. The molecule has 0 radical (unpaired) electrons. The number of halogens is 2. The van der Waals surface area contributed by atoms with Crippen molar-refractivity contribution in [3.8, 4) is 0 Å². The number of benzene rings is 1. The number of amides is 1. The Morgan fingerprint density at radius 1 is 1.50 bits per heavy atom. The van der Waals surface area contributed by atoms with Gasteiger partial charge in [0.15, 0.2) is 0 Å². The zero-order valence-corrected chi connectivity index (χ0v) is 9.83. The fourth-order valence-corrected chi connectivity index (χ4v) is 1.36. The molecule has 0 heterocycles. The Hall–Kier alpha value is -1.26. The summed E-state index contributed by atoms with van der Waals surface area (Å²) in [5.74, 6) is -0.431. The summed E-state index contributed by atoms with van der Waals surface area (Å²) in [5.41, 5.74) is 5.61. The third kappa shape index (κ3) is 4.51. The molecule has 0 saturated carbocycles. The molecule has 86 valence electrons. The van der Waals surface area contributed by atoms with E-state index >= 15 is 0 Å². The summed E-state index contributed by atoms with van der Waals surface area (Å²) in [5, 5.41) is 4.68. The molecule has 0 atom stereocenters. The summed E-state index contributed by atoms with van der Waals surface area (Å²) in [6.07, 6.45) is 1.57. The van der Waals surface area contributed by atoms with E-state index < -0.39 is 5.91 Å². The number of hydrogen-bond acceptors (Lipinski definition) is 3. The molecule has 0 fully saturated rings. The summed E-state index contributed by atoms with van der Waals surface area (Å²) >= 11 is 11.6. The zero-order valence-electron chi connectivity index (χ0n) is 8.32. The van der Waals surface area contributed by atoms with Gasteiger partial charge < -0.3 is 10.6 Å². The van der Waals surface area contributed by atoms with Gasteiger partial charge in [0.25, 0.3) is 0 Å². The van der Waals surface area contributed by atoms with Gasteiger partial charge in [-0.05, 0) is 12.1 Å². The van der Waals surface area contributed by atoms with Crippen molar-refractivity contribution in [2.24, 2.45) is 10.9 Å². The van der Waals surface area contributed by atoms with E-state index in [0.29, 0.717) is 15.6 Å². The number of carbonyl (C=O) groups is 1. The molecule has 0 aliphatic carbocycles. The Bertz CT molecular complexity index is 408. The largest absolute Gasteiger partial charge is 0.395 e. The predicted octanol–water partition coefficient (Wildman–Crippen LogP) is 2.22. The molecule has 16 heavy (non-hydrogen) atoms. The van der Waals surface area contributed by atoms with Crippen LogP contribution in [0.3, 0.4) is 0 Å². The topological polar surface area (TPSA) is 64.7 Å². The first-order chi connectivity index (χ1) is 7.59. The number of nitrogens with two attached hydrogens (primary N) is 1. The van der Waals surface area contributed by atoms with Crippen LogP contribution in [0.5, 0.6) is 0 Å². The maximum Gasteiger partial charge on any atom is 0.220 e. The van der Waals surface area contributed by atoms with Crippen LogP contribution in [0.4, 0.5) is 0 Å². The third-order valence-corrected chi connectivity index (χ3v) is 2.23. The summed E-state index contributed by atoms with van der Waals surface area (Å²) in [6, 6.07) is 5.01. The molecule has 0 unspecified atom stereocenters. The van der Waals surface area contributed by atoms with Crippen molar-refractivity contribution in [3.63, 3.8) is 0 Å². The van der Waals surface area contributed by atoms with Gasteiger partial charge in [-0.3, -0.25) is 4.79 Å². The zero-order chi connectivity index (χ0) is 12.0. The smallest absolute Gasteiger partial charge is 0.220 e. The van der Waals surface area contributed by atoms with Crippen LogP contribution in [0.2, 0.25) is 10.0 Å². The van der Waals surface area contributed by atoms with Gasteiger partial charge in [-0.25, -0.2) is 0 Å². The quantitative estimate of drug-likeness (QED) is 0.501. The second-order valence-electron chi connectivity index (χ2n) is 2.95. The lowest BCUT2D eigenvalue weighted by molar-refractivity contribution is -0.119. The standard InChI is InChI=1S/C10H10Cl2N2O2/c11-8-2-1-7(9(12)5-8)6-14-16-4-3-10(13)15/h1-2,5-6H,3-4H2,(H2,13,15)/b14-6+. The lowest BCUT2D eigenvalue weighted by Crippen LogP contribution is -2.12. The van der Waals surface area contributed by atoms with Gasteiger partial charge in [0.05, 0.1) is 17.7 Å². The van der Waals surface area contributed by atoms with Crippen LogP contribution in [0, 0.1) is 0 Å². The highest BCUT2D eigenvalue weighted by molar-refractivity contribution is 6.36. The van der Waals surface area contributed by atoms with Gasteiger partial charge in [-0.2, -0.15) is 0 Å². The molecule has 1 aromatic rings. The normalized spacial score (nSPS) is 10.6. The van der Waals surface area contributed by atoms with E-state index in [1.54, 1.807) is 18.2 Å². The van der Waals surface area contributed by atoms with Crippen molar-refractivity contribution in [1.29, 1.82) is 0 Å². The summed E-state index contributed by atoms with van der Waals surface area (Å²) < 4.78 is 0. The van der Waals surface area contributed by atoms with E-state index in [2.05, 4.69) is 5.16 Å². The molecule has 1 rings (SSSR count). The van der Waals surface area contributed by atoms with Crippen molar-refractivity contribution in [2.45, 2.75) is 6.42 Å². The summed E-state index contributed by atoms with van der Waals surface area (Å²) in [7, 11) is 0. The second kappa shape index (κ2) is 6.35. The fraction of sp³-hybridized carbons (Fsp3) is 0.200. The minimum Gasteiger partial charge on any atom is -0.395 e. The van der Waals surface area contributed by atoms with E-state index in [0.717, 1.165) is 0 Å². The highest BCUT2D eigenvalue weighted by Crippen LogP contribution is 2.19. The highest BCUT2D eigenvalue weighted by Gasteiger charge is 1.98. The number of oxime groups is 1. The van der Waals surface area contributed by atoms with Crippen LogP contribution < -0.4 is 5.73 Å². The monoisotopic (exact) mass is 260 g/mol. The Morgan fingerprint density at radius 2 is 2.25 bits per heavy atom. The first-order valence-electron chi connectivity index (χ1n) is 4.48. The third-order valence-electron chi connectivity index (χ3n) is 1.67. The number of carbonyl (C=O) groups excluding carboxylic acids is 1. The van der Waals surface area contributed by atoms with Gasteiger partial charge in [-0.1, -0.05) is 34.4 Å². The van der Waals surface area contributed by atoms with Crippen molar-refractivity contribution >= 4 is 35.3 Å². The average molecular weight is 261 g/mol. The Balaban J connectivity index is 2.47. The van der Waals surface area contributed by atoms with Gasteiger partial charge in [0, 0.05) is 10.6 Å². The van der Waals surface area contributed by atoms with Gasteiger partial charge in [-0.15, -0.1) is 0 Å². The lowest BCUT2D eigenvalue weighted by atomic mass is 10.2. The number of nitrogens with zero attached hydrogens (tertiary/aromatic N) is 1. The van der Waals surface area contributed by atoms with Crippen LogP contribution in [0.15, 0.2) is 23.4 Å². The Labute approximate surface area is 103 Å². The van der Waals surface area contributed by atoms with Crippen LogP contribution in [0.1, 0.15) is 12.0 Å². The van der Waals surface area contributed by atoms with Crippen LogP contribution in [-0.4, -0.2) is 18.7 Å². The molecular formula is C10H10Cl2N2O2. The number of primary amides is 1. The van der Waals surface area contributed by atoms with Crippen LogP contribution >= 0.6 is 23.2 Å². The van der Waals surface area contributed by atoms with E-state index in [4.69, 9.17) is 33.8 Å². The molecule has 0 bridgehead atoms. The molecule has 0 aliphatic heterocycles. The van der Waals surface area contributed by atoms with Gasteiger partial charge in [0.2, 0.25) is 5.91 Å². The van der Waals surface area contributed by atoms with Gasteiger partial charge >= 0.3 is 0 Å². The summed E-state index contributed by atoms with van der Waals surface area (Å²) in [4.78, 5) is 15.2. The molecule has 1 amide bonds. The first-order valence-corrected chi connectivity index (χ1v) is 5.24. The minimum atomic E-state index is -0.431. The first kappa shape index (κ1) is 12.8. The average Bonchev–Trinajstić information content (AvgIpc) is 2.20. The maximum absolute atomic E-state index is 10.4. The van der Waals surface area contributed by atoms with Crippen LogP contribution in [-0.2, 0) is 9.63 Å². The molecule has 0 spiro atoms. The molecule has 1 aromatic carbocycles. The van der Waals surface area contributed by atoms with E-state index in [1.807, 2.05) is 0 Å².